The maximum Gasteiger partial charge on any atom is 0.253 e. The molecule has 2 fully saturated rings. The Kier molecular flexibility index (Phi) is 4.88. The molecule has 1 aromatic rings. The summed E-state index contributed by atoms with van der Waals surface area (Å²) >= 11 is 0. The molecular formula is C18H27ClN2O. The molecule has 2 heterocycles. The molecule has 3 nitrogen and oxygen atoms in total. The van der Waals surface area contributed by atoms with Gasteiger partial charge in [0.25, 0.3) is 5.91 Å². The third-order valence-corrected chi connectivity index (χ3v) is 5.06. The predicted molar refractivity (Wildman–Crippen MR) is 92.8 cm³/mol. The highest BCUT2D eigenvalue weighted by Crippen LogP contribution is 2.36. The second-order valence-corrected chi connectivity index (χ2v) is 7.73. The Morgan fingerprint density at radius 3 is 2.41 bits per heavy atom. The molecule has 1 spiro atoms. The molecule has 1 N–H and O–H groups in total. The van der Waals surface area contributed by atoms with Crippen molar-refractivity contribution in [1.29, 1.82) is 0 Å². The average Bonchev–Trinajstić information content (AvgIpc) is 3.08. The lowest BCUT2D eigenvalue weighted by atomic mass is 9.86. The number of hydrogen-bond acceptors (Lipinski definition) is 2. The Morgan fingerprint density at radius 1 is 1.18 bits per heavy atom. The minimum Gasteiger partial charge on any atom is -0.338 e. The first-order chi connectivity index (χ1) is 9.90. The summed E-state index contributed by atoms with van der Waals surface area (Å²) in [4.78, 5) is 14.7. The van der Waals surface area contributed by atoms with E-state index in [2.05, 4.69) is 38.2 Å². The van der Waals surface area contributed by atoms with Gasteiger partial charge in [-0.15, -0.1) is 12.4 Å². The van der Waals surface area contributed by atoms with Crippen LogP contribution >= 0.6 is 12.4 Å². The molecule has 0 bridgehead atoms. The first-order valence-electron chi connectivity index (χ1n) is 8.00. The fraction of sp³-hybridized carbons (Fsp3) is 0.611. The monoisotopic (exact) mass is 322 g/mol. The van der Waals surface area contributed by atoms with E-state index in [0.29, 0.717) is 5.41 Å². The minimum absolute atomic E-state index is 0. The summed E-state index contributed by atoms with van der Waals surface area (Å²) < 4.78 is 0. The van der Waals surface area contributed by atoms with Crippen molar-refractivity contribution in [3.05, 3.63) is 35.4 Å². The van der Waals surface area contributed by atoms with E-state index in [1.807, 2.05) is 17.0 Å². The SMILES string of the molecule is CC(C)(C)c1ccc(C(=O)N2CCC3(CCNC3)C2)cc1.Cl. The largest absolute Gasteiger partial charge is 0.338 e. The van der Waals surface area contributed by atoms with Crippen LogP contribution < -0.4 is 5.32 Å². The fourth-order valence-electron chi connectivity index (χ4n) is 3.55. The topological polar surface area (TPSA) is 32.3 Å². The Hall–Kier alpha value is -1.06. The quantitative estimate of drug-likeness (QED) is 0.861. The van der Waals surface area contributed by atoms with E-state index in [4.69, 9.17) is 0 Å². The van der Waals surface area contributed by atoms with Gasteiger partial charge in [0, 0.05) is 30.6 Å². The maximum absolute atomic E-state index is 12.7. The van der Waals surface area contributed by atoms with Crippen LogP contribution in [0.15, 0.2) is 24.3 Å². The number of nitrogens with one attached hydrogen (secondary N) is 1. The molecule has 0 radical (unpaired) electrons. The summed E-state index contributed by atoms with van der Waals surface area (Å²) in [5.74, 6) is 0.194. The van der Waals surface area contributed by atoms with E-state index < -0.39 is 0 Å². The van der Waals surface area contributed by atoms with Crippen molar-refractivity contribution < 1.29 is 4.79 Å². The lowest BCUT2D eigenvalue weighted by Gasteiger charge is -2.23. The second-order valence-electron chi connectivity index (χ2n) is 7.73. The first-order valence-corrected chi connectivity index (χ1v) is 8.00. The Morgan fingerprint density at radius 2 is 1.86 bits per heavy atom. The van der Waals surface area contributed by atoms with Crippen LogP contribution in [0.4, 0.5) is 0 Å². The van der Waals surface area contributed by atoms with E-state index in [1.54, 1.807) is 0 Å². The van der Waals surface area contributed by atoms with Crippen molar-refractivity contribution in [2.24, 2.45) is 5.41 Å². The highest BCUT2D eigenvalue weighted by Gasteiger charge is 2.41. The molecule has 22 heavy (non-hydrogen) atoms. The van der Waals surface area contributed by atoms with Gasteiger partial charge in [-0.2, -0.15) is 0 Å². The summed E-state index contributed by atoms with van der Waals surface area (Å²) in [6, 6.07) is 8.16. The standard InChI is InChI=1S/C18H26N2O.ClH/c1-17(2,3)15-6-4-14(5-7-15)16(21)20-11-9-18(13-20)8-10-19-12-18;/h4-7,19H,8-13H2,1-3H3;1H. The van der Waals surface area contributed by atoms with Gasteiger partial charge in [0.2, 0.25) is 0 Å². The Labute approximate surface area is 139 Å². The number of likely N-dealkylation sites (tertiary alicyclic amines) is 1. The number of rotatable bonds is 1. The van der Waals surface area contributed by atoms with Gasteiger partial charge in [0.15, 0.2) is 0 Å². The average molecular weight is 323 g/mol. The third-order valence-electron chi connectivity index (χ3n) is 5.06. The molecule has 0 aliphatic carbocycles. The smallest absolute Gasteiger partial charge is 0.253 e. The van der Waals surface area contributed by atoms with Gasteiger partial charge in [0.05, 0.1) is 0 Å². The second kappa shape index (κ2) is 6.21. The zero-order chi connectivity index (χ0) is 15.1. The zero-order valence-electron chi connectivity index (χ0n) is 13.8. The van der Waals surface area contributed by atoms with Gasteiger partial charge in [-0.05, 0) is 42.5 Å². The molecule has 3 rings (SSSR count). The molecule has 1 unspecified atom stereocenters. The number of carbonyl (C=O) groups is 1. The number of amides is 1. The van der Waals surface area contributed by atoms with Crippen LogP contribution in [0.3, 0.4) is 0 Å². The molecule has 1 atom stereocenters. The van der Waals surface area contributed by atoms with Crippen LogP contribution in [0, 0.1) is 5.41 Å². The van der Waals surface area contributed by atoms with E-state index in [0.717, 1.165) is 38.2 Å². The van der Waals surface area contributed by atoms with E-state index in [1.165, 1.54) is 12.0 Å². The molecule has 0 aromatic heterocycles. The van der Waals surface area contributed by atoms with Crippen LogP contribution in [0.1, 0.15) is 49.5 Å². The number of carbonyl (C=O) groups excluding carboxylic acids is 1. The Balaban J connectivity index is 0.00000176. The van der Waals surface area contributed by atoms with Crippen molar-refractivity contribution in [2.45, 2.75) is 39.0 Å². The zero-order valence-corrected chi connectivity index (χ0v) is 14.6. The molecule has 2 aliphatic rings. The van der Waals surface area contributed by atoms with Gasteiger partial charge in [0.1, 0.15) is 0 Å². The van der Waals surface area contributed by atoms with Crippen molar-refractivity contribution in [2.75, 3.05) is 26.2 Å². The van der Waals surface area contributed by atoms with E-state index in [-0.39, 0.29) is 23.7 Å². The fourth-order valence-corrected chi connectivity index (χ4v) is 3.55. The summed E-state index contributed by atoms with van der Waals surface area (Å²) in [7, 11) is 0. The van der Waals surface area contributed by atoms with Crippen molar-refractivity contribution >= 4 is 18.3 Å². The van der Waals surface area contributed by atoms with Crippen molar-refractivity contribution in [1.82, 2.24) is 10.2 Å². The summed E-state index contributed by atoms with van der Waals surface area (Å²) in [5, 5.41) is 3.44. The minimum atomic E-state index is 0. The van der Waals surface area contributed by atoms with Crippen molar-refractivity contribution in [3.63, 3.8) is 0 Å². The molecule has 2 aliphatic heterocycles. The molecule has 2 saturated heterocycles. The molecule has 1 aromatic carbocycles. The van der Waals surface area contributed by atoms with Crippen LogP contribution in [-0.2, 0) is 5.41 Å². The molecule has 1 amide bonds. The van der Waals surface area contributed by atoms with Gasteiger partial charge in [-0.1, -0.05) is 32.9 Å². The Bertz CT molecular complexity index is 527. The van der Waals surface area contributed by atoms with Crippen LogP contribution in [0.5, 0.6) is 0 Å². The lowest BCUT2D eigenvalue weighted by Crippen LogP contribution is -2.33. The normalized spacial score (nSPS) is 24.6. The molecule has 0 saturated carbocycles. The van der Waals surface area contributed by atoms with Gasteiger partial charge < -0.3 is 10.2 Å². The predicted octanol–water partition coefficient (Wildman–Crippen LogP) is 3.23. The summed E-state index contributed by atoms with van der Waals surface area (Å²) in [5.41, 5.74) is 2.58. The summed E-state index contributed by atoms with van der Waals surface area (Å²) in [6.45, 7) is 10.6. The number of hydrogen-bond donors (Lipinski definition) is 1. The maximum atomic E-state index is 12.7. The van der Waals surface area contributed by atoms with Crippen molar-refractivity contribution in [3.8, 4) is 0 Å². The first kappa shape index (κ1) is 17.3. The highest BCUT2D eigenvalue weighted by atomic mass is 35.5. The van der Waals surface area contributed by atoms with Gasteiger partial charge in [-0.25, -0.2) is 0 Å². The molecule has 4 heteroatoms. The van der Waals surface area contributed by atoms with E-state index in [9.17, 15) is 4.79 Å². The van der Waals surface area contributed by atoms with Crippen LogP contribution in [0.2, 0.25) is 0 Å². The van der Waals surface area contributed by atoms with Crippen LogP contribution in [0.25, 0.3) is 0 Å². The molecule has 122 valence electrons. The highest BCUT2D eigenvalue weighted by molar-refractivity contribution is 5.94. The number of halogens is 1. The number of benzene rings is 1. The van der Waals surface area contributed by atoms with Crippen LogP contribution in [-0.4, -0.2) is 37.0 Å². The number of nitrogens with zero attached hydrogens (tertiary/aromatic N) is 1. The third kappa shape index (κ3) is 3.31. The van der Waals surface area contributed by atoms with Gasteiger partial charge in [-0.3, -0.25) is 4.79 Å². The lowest BCUT2D eigenvalue weighted by molar-refractivity contribution is 0.0775. The van der Waals surface area contributed by atoms with Gasteiger partial charge >= 0.3 is 0 Å². The van der Waals surface area contributed by atoms with E-state index >= 15 is 0 Å². The molecular weight excluding hydrogens is 296 g/mol. The summed E-state index contributed by atoms with van der Waals surface area (Å²) in [6.07, 6.45) is 2.35.